The van der Waals surface area contributed by atoms with Gasteiger partial charge in [-0.2, -0.15) is 5.10 Å². The van der Waals surface area contributed by atoms with Gasteiger partial charge in [0, 0.05) is 37.5 Å². The molecule has 5 nitrogen and oxygen atoms in total. The topological polar surface area (TPSA) is 53.5 Å². The van der Waals surface area contributed by atoms with Gasteiger partial charge in [-0.25, -0.2) is 4.98 Å². The first kappa shape index (κ1) is 12.7. The second kappa shape index (κ2) is 5.77. The van der Waals surface area contributed by atoms with Crippen LogP contribution in [0.5, 0.6) is 5.75 Å². The van der Waals surface area contributed by atoms with Crippen molar-refractivity contribution in [2.45, 2.75) is 19.8 Å². The zero-order valence-electron chi connectivity index (χ0n) is 11.5. The Hall–Kier alpha value is -2.30. The highest BCUT2D eigenvalue weighted by Crippen LogP contribution is 2.23. The predicted octanol–water partition coefficient (Wildman–Crippen LogP) is 2.62. The van der Waals surface area contributed by atoms with Gasteiger partial charge in [-0.15, -0.1) is 0 Å². The SMILES string of the molecule is CCOc1ccc(N2CCC(Cc3ncc[nH]3)=N2)cc1. The minimum Gasteiger partial charge on any atom is -0.494 e. The predicted molar refractivity (Wildman–Crippen MR) is 79.3 cm³/mol. The molecule has 0 bridgehead atoms. The third kappa shape index (κ3) is 2.82. The minimum atomic E-state index is 0.689. The average Bonchev–Trinajstić information content (AvgIpc) is 3.12. The van der Waals surface area contributed by atoms with Gasteiger partial charge in [-0.1, -0.05) is 0 Å². The third-order valence-corrected chi connectivity index (χ3v) is 3.25. The van der Waals surface area contributed by atoms with E-state index in [0.717, 1.165) is 42.4 Å². The van der Waals surface area contributed by atoms with Crippen molar-refractivity contribution in [3.8, 4) is 5.75 Å². The first-order valence-corrected chi connectivity index (χ1v) is 6.90. The van der Waals surface area contributed by atoms with Gasteiger partial charge in [0.1, 0.15) is 11.6 Å². The van der Waals surface area contributed by atoms with E-state index in [9.17, 15) is 0 Å². The van der Waals surface area contributed by atoms with Crippen LogP contribution in [0.3, 0.4) is 0 Å². The second-order valence-electron chi connectivity index (χ2n) is 4.68. The molecule has 1 N–H and O–H groups in total. The first-order chi connectivity index (χ1) is 9.85. The molecule has 0 radical (unpaired) electrons. The molecule has 2 aromatic rings. The average molecular weight is 270 g/mol. The fourth-order valence-electron chi connectivity index (χ4n) is 2.29. The van der Waals surface area contributed by atoms with Crippen LogP contribution in [0.25, 0.3) is 0 Å². The van der Waals surface area contributed by atoms with Crippen molar-refractivity contribution in [3.05, 3.63) is 42.5 Å². The maximum atomic E-state index is 5.45. The van der Waals surface area contributed by atoms with E-state index in [1.807, 2.05) is 42.4 Å². The van der Waals surface area contributed by atoms with E-state index in [0.29, 0.717) is 6.61 Å². The number of rotatable bonds is 5. The molecule has 0 saturated carbocycles. The van der Waals surface area contributed by atoms with Gasteiger partial charge in [0.2, 0.25) is 0 Å². The highest BCUT2D eigenvalue weighted by Gasteiger charge is 2.16. The summed E-state index contributed by atoms with van der Waals surface area (Å²) in [6.45, 7) is 3.60. The number of anilines is 1. The molecule has 1 aromatic carbocycles. The van der Waals surface area contributed by atoms with Crippen LogP contribution >= 0.6 is 0 Å². The summed E-state index contributed by atoms with van der Waals surface area (Å²) in [6.07, 6.45) is 5.39. The molecule has 0 amide bonds. The van der Waals surface area contributed by atoms with E-state index in [2.05, 4.69) is 15.1 Å². The van der Waals surface area contributed by atoms with Crippen LogP contribution in [0.15, 0.2) is 41.8 Å². The van der Waals surface area contributed by atoms with Crippen LogP contribution < -0.4 is 9.75 Å². The molecular weight excluding hydrogens is 252 g/mol. The molecule has 0 aliphatic carbocycles. The van der Waals surface area contributed by atoms with Gasteiger partial charge < -0.3 is 9.72 Å². The standard InChI is InChI=1S/C15H18N4O/c1-2-20-14-5-3-13(4-6-14)19-10-7-12(18-19)11-15-16-8-9-17-15/h3-6,8-9H,2,7,10-11H2,1H3,(H,16,17). The minimum absolute atomic E-state index is 0.689. The number of imidazole rings is 1. The molecule has 104 valence electrons. The molecule has 0 atom stereocenters. The maximum absolute atomic E-state index is 5.45. The molecule has 1 aromatic heterocycles. The number of H-pyrrole nitrogens is 1. The van der Waals surface area contributed by atoms with E-state index in [4.69, 9.17) is 4.74 Å². The molecule has 1 aliphatic rings. The van der Waals surface area contributed by atoms with E-state index < -0.39 is 0 Å². The number of hydrogen-bond acceptors (Lipinski definition) is 4. The summed E-state index contributed by atoms with van der Waals surface area (Å²) >= 11 is 0. The third-order valence-electron chi connectivity index (χ3n) is 3.25. The Balaban J connectivity index is 1.67. The fourth-order valence-corrected chi connectivity index (χ4v) is 2.29. The van der Waals surface area contributed by atoms with Crippen molar-refractivity contribution < 1.29 is 4.74 Å². The Morgan fingerprint density at radius 1 is 1.30 bits per heavy atom. The van der Waals surface area contributed by atoms with Crippen molar-refractivity contribution in [3.63, 3.8) is 0 Å². The van der Waals surface area contributed by atoms with Crippen molar-refractivity contribution >= 4 is 11.4 Å². The quantitative estimate of drug-likeness (QED) is 0.908. The molecule has 0 unspecified atom stereocenters. The molecule has 0 fully saturated rings. The summed E-state index contributed by atoms with van der Waals surface area (Å²) in [5.41, 5.74) is 2.26. The number of benzene rings is 1. The van der Waals surface area contributed by atoms with E-state index in [1.54, 1.807) is 6.20 Å². The lowest BCUT2D eigenvalue weighted by atomic mass is 10.2. The van der Waals surface area contributed by atoms with Crippen LogP contribution in [0.2, 0.25) is 0 Å². The molecule has 5 heteroatoms. The first-order valence-electron chi connectivity index (χ1n) is 6.90. The Labute approximate surface area is 118 Å². The van der Waals surface area contributed by atoms with Crippen molar-refractivity contribution in [1.82, 2.24) is 9.97 Å². The van der Waals surface area contributed by atoms with Crippen LogP contribution in [0.4, 0.5) is 5.69 Å². The number of aromatic amines is 1. The molecule has 3 rings (SSSR count). The Morgan fingerprint density at radius 3 is 2.85 bits per heavy atom. The largest absolute Gasteiger partial charge is 0.494 e. The molecule has 2 heterocycles. The van der Waals surface area contributed by atoms with Gasteiger partial charge in [-0.05, 0) is 31.2 Å². The lowest BCUT2D eigenvalue weighted by Gasteiger charge is -2.13. The summed E-state index contributed by atoms with van der Waals surface area (Å²) in [5, 5.41) is 6.69. The van der Waals surface area contributed by atoms with Crippen LogP contribution in [-0.2, 0) is 6.42 Å². The van der Waals surface area contributed by atoms with E-state index >= 15 is 0 Å². The monoisotopic (exact) mass is 270 g/mol. The van der Waals surface area contributed by atoms with Gasteiger partial charge in [0.25, 0.3) is 0 Å². The second-order valence-corrected chi connectivity index (χ2v) is 4.68. The Bertz CT molecular complexity index is 574. The molecular formula is C15H18N4O. The lowest BCUT2D eigenvalue weighted by Crippen LogP contribution is -2.11. The molecule has 0 spiro atoms. The summed E-state index contributed by atoms with van der Waals surface area (Å²) < 4.78 is 5.45. The smallest absolute Gasteiger partial charge is 0.119 e. The summed E-state index contributed by atoms with van der Waals surface area (Å²) in [5.74, 6) is 1.87. The van der Waals surface area contributed by atoms with Gasteiger partial charge >= 0.3 is 0 Å². The molecule has 1 aliphatic heterocycles. The number of hydrogen-bond donors (Lipinski definition) is 1. The number of nitrogens with zero attached hydrogens (tertiary/aromatic N) is 3. The molecule has 20 heavy (non-hydrogen) atoms. The normalized spacial score (nSPS) is 14.4. The van der Waals surface area contributed by atoms with Gasteiger partial charge in [-0.3, -0.25) is 5.01 Å². The van der Waals surface area contributed by atoms with E-state index in [-0.39, 0.29) is 0 Å². The number of ether oxygens (including phenoxy) is 1. The summed E-state index contributed by atoms with van der Waals surface area (Å²) in [7, 11) is 0. The van der Waals surface area contributed by atoms with Crippen LogP contribution in [0.1, 0.15) is 19.2 Å². The van der Waals surface area contributed by atoms with Crippen LogP contribution in [0, 0.1) is 0 Å². The number of hydrazone groups is 1. The van der Waals surface area contributed by atoms with Gasteiger partial charge in [0.05, 0.1) is 12.3 Å². The lowest BCUT2D eigenvalue weighted by molar-refractivity contribution is 0.340. The number of nitrogens with one attached hydrogen (secondary N) is 1. The summed E-state index contributed by atoms with van der Waals surface area (Å²) in [6, 6.07) is 8.06. The van der Waals surface area contributed by atoms with Gasteiger partial charge in [0.15, 0.2) is 0 Å². The maximum Gasteiger partial charge on any atom is 0.119 e. The highest BCUT2D eigenvalue weighted by molar-refractivity contribution is 5.89. The zero-order valence-corrected chi connectivity index (χ0v) is 11.5. The fraction of sp³-hybridized carbons (Fsp3) is 0.333. The Kier molecular flexibility index (Phi) is 3.67. The number of aromatic nitrogens is 2. The summed E-state index contributed by atoms with van der Waals surface area (Å²) in [4.78, 5) is 7.35. The molecule has 0 saturated heterocycles. The van der Waals surface area contributed by atoms with Crippen molar-refractivity contribution in [1.29, 1.82) is 0 Å². The van der Waals surface area contributed by atoms with Crippen molar-refractivity contribution in [2.24, 2.45) is 5.10 Å². The Morgan fingerprint density at radius 2 is 2.15 bits per heavy atom. The van der Waals surface area contributed by atoms with Crippen LogP contribution in [-0.4, -0.2) is 28.8 Å². The van der Waals surface area contributed by atoms with Crippen molar-refractivity contribution in [2.75, 3.05) is 18.2 Å². The highest BCUT2D eigenvalue weighted by atomic mass is 16.5. The van der Waals surface area contributed by atoms with E-state index in [1.165, 1.54) is 0 Å². The zero-order chi connectivity index (χ0) is 13.8.